The van der Waals surface area contributed by atoms with E-state index in [2.05, 4.69) is 12.1 Å². The van der Waals surface area contributed by atoms with Crippen molar-refractivity contribution in [2.24, 2.45) is 5.73 Å². The Balaban J connectivity index is 2.06. The molecule has 0 saturated heterocycles. The molecule has 116 valence electrons. The summed E-state index contributed by atoms with van der Waals surface area (Å²) in [5, 5.41) is 0. The number of carbonyl (C=O) groups excluding carboxylic acids is 1. The van der Waals surface area contributed by atoms with Gasteiger partial charge in [0.15, 0.2) is 0 Å². The Kier molecular flexibility index (Phi) is 5.62. The molecule has 4 nitrogen and oxygen atoms in total. The number of ether oxygens (including phenoxy) is 2. The number of rotatable bonds is 7. The van der Waals surface area contributed by atoms with Crippen LogP contribution in [0, 0.1) is 0 Å². The second-order valence-corrected chi connectivity index (χ2v) is 5.45. The first-order valence-corrected chi connectivity index (χ1v) is 7.83. The average Bonchev–Trinajstić information content (AvgIpc) is 2.82. The molecule has 0 aromatic heterocycles. The third-order valence-corrected chi connectivity index (χ3v) is 3.81. The summed E-state index contributed by atoms with van der Waals surface area (Å²) >= 11 is 0. The quantitative estimate of drug-likeness (QED) is 0.784. The smallest absolute Gasteiger partial charge is 0.305 e. The highest BCUT2D eigenvalue weighted by molar-refractivity contribution is 5.69. The fourth-order valence-corrected chi connectivity index (χ4v) is 2.93. The molecule has 4 heteroatoms. The number of hydrogen-bond acceptors (Lipinski definition) is 4. The largest absolute Gasteiger partial charge is 0.493 e. The molecule has 1 atom stereocenters. The number of nitrogens with two attached hydrogens (primary N) is 1. The van der Waals surface area contributed by atoms with Gasteiger partial charge in [0.1, 0.15) is 5.75 Å². The van der Waals surface area contributed by atoms with Crippen molar-refractivity contribution in [1.29, 1.82) is 0 Å². The molecule has 21 heavy (non-hydrogen) atoms. The summed E-state index contributed by atoms with van der Waals surface area (Å²) < 4.78 is 10.8. The molecule has 0 saturated carbocycles. The minimum atomic E-state index is -0.126. The third-order valence-electron chi connectivity index (χ3n) is 3.81. The minimum Gasteiger partial charge on any atom is -0.493 e. The average molecular weight is 291 g/mol. The van der Waals surface area contributed by atoms with E-state index in [-0.39, 0.29) is 12.0 Å². The monoisotopic (exact) mass is 291 g/mol. The van der Waals surface area contributed by atoms with Crippen LogP contribution in [0.1, 0.15) is 43.4 Å². The molecule has 2 rings (SSSR count). The summed E-state index contributed by atoms with van der Waals surface area (Å²) in [6.45, 7) is 4.92. The van der Waals surface area contributed by atoms with Crippen LogP contribution < -0.4 is 10.5 Å². The van der Waals surface area contributed by atoms with Crippen LogP contribution in [-0.4, -0.2) is 25.2 Å². The Morgan fingerprint density at radius 2 is 2.10 bits per heavy atom. The molecule has 1 aromatic rings. The third kappa shape index (κ3) is 3.97. The van der Waals surface area contributed by atoms with Gasteiger partial charge in [-0.05, 0) is 56.2 Å². The van der Waals surface area contributed by atoms with Gasteiger partial charge in [-0.15, -0.1) is 0 Å². The molecule has 0 fully saturated rings. The van der Waals surface area contributed by atoms with Gasteiger partial charge in [-0.25, -0.2) is 0 Å². The zero-order valence-electron chi connectivity index (χ0n) is 13.0. The van der Waals surface area contributed by atoms with Gasteiger partial charge in [-0.2, -0.15) is 0 Å². The van der Waals surface area contributed by atoms with Gasteiger partial charge < -0.3 is 15.2 Å². The van der Waals surface area contributed by atoms with E-state index >= 15 is 0 Å². The van der Waals surface area contributed by atoms with Crippen molar-refractivity contribution in [3.8, 4) is 5.75 Å². The van der Waals surface area contributed by atoms with Gasteiger partial charge in [0.25, 0.3) is 0 Å². The summed E-state index contributed by atoms with van der Waals surface area (Å²) in [6.07, 6.45) is 3.88. The standard InChI is InChI=1S/C17H25NO3/c1-3-20-16(19)7-5-6-12-8-9-13-10-14(18)11-15(13)17(12)21-4-2/h8-9,14H,3-7,10-11,18H2,1-2H3. The van der Waals surface area contributed by atoms with Gasteiger partial charge in [0.05, 0.1) is 13.2 Å². The molecule has 0 aliphatic heterocycles. The molecule has 0 amide bonds. The van der Waals surface area contributed by atoms with Crippen molar-refractivity contribution in [3.63, 3.8) is 0 Å². The van der Waals surface area contributed by atoms with Crippen molar-refractivity contribution in [2.45, 2.75) is 52.0 Å². The van der Waals surface area contributed by atoms with E-state index in [1.807, 2.05) is 13.8 Å². The van der Waals surface area contributed by atoms with Gasteiger partial charge >= 0.3 is 5.97 Å². The van der Waals surface area contributed by atoms with Crippen LogP contribution >= 0.6 is 0 Å². The van der Waals surface area contributed by atoms with E-state index in [0.717, 1.165) is 31.4 Å². The van der Waals surface area contributed by atoms with Crippen LogP contribution in [0.4, 0.5) is 0 Å². The highest BCUT2D eigenvalue weighted by Crippen LogP contribution is 2.34. The maximum Gasteiger partial charge on any atom is 0.305 e. The van der Waals surface area contributed by atoms with Crippen LogP contribution in [0.15, 0.2) is 12.1 Å². The number of esters is 1. The van der Waals surface area contributed by atoms with E-state index in [4.69, 9.17) is 15.2 Å². The molecule has 2 N–H and O–H groups in total. The summed E-state index contributed by atoms with van der Waals surface area (Å²) in [6, 6.07) is 4.48. The predicted octanol–water partition coefficient (Wildman–Crippen LogP) is 2.40. The van der Waals surface area contributed by atoms with Crippen molar-refractivity contribution < 1.29 is 14.3 Å². The van der Waals surface area contributed by atoms with Crippen LogP contribution in [0.25, 0.3) is 0 Å². The number of hydrogen-bond donors (Lipinski definition) is 1. The Labute approximate surface area is 126 Å². The maximum absolute atomic E-state index is 11.4. The Hall–Kier alpha value is -1.55. The first kappa shape index (κ1) is 15.8. The molecule has 0 bridgehead atoms. The normalized spacial score (nSPS) is 16.6. The van der Waals surface area contributed by atoms with Crippen LogP contribution in [0.3, 0.4) is 0 Å². The molecule has 0 spiro atoms. The van der Waals surface area contributed by atoms with Gasteiger partial charge in [-0.3, -0.25) is 4.79 Å². The van der Waals surface area contributed by atoms with Gasteiger partial charge in [0.2, 0.25) is 0 Å². The number of benzene rings is 1. The lowest BCUT2D eigenvalue weighted by atomic mass is 10.0. The lowest BCUT2D eigenvalue weighted by Gasteiger charge is -2.15. The van der Waals surface area contributed by atoms with Crippen LogP contribution in [0.2, 0.25) is 0 Å². The van der Waals surface area contributed by atoms with Crippen molar-refractivity contribution >= 4 is 5.97 Å². The fourth-order valence-electron chi connectivity index (χ4n) is 2.93. The Morgan fingerprint density at radius 1 is 1.29 bits per heavy atom. The Bertz CT molecular complexity index is 499. The molecule has 1 unspecified atom stereocenters. The van der Waals surface area contributed by atoms with Gasteiger partial charge in [-0.1, -0.05) is 12.1 Å². The summed E-state index contributed by atoms with van der Waals surface area (Å²) in [7, 11) is 0. The first-order valence-electron chi connectivity index (χ1n) is 7.83. The lowest BCUT2D eigenvalue weighted by Crippen LogP contribution is -2.19. The molecule has 0 heterocycles. The van der Waals surface area contributed by atoms with E-state index in [1.165, 1.54) is 16.7 Å². The molecule has 1 aliphatic carbocycles. The van der Waals surface area contributed by atoms with Gasteiger partial charge in [0, 0.05) is 12.5 Å². The lowest BCUT2D eigenvalue weighted by molar-refractivity contribution is -0.143. The van der Waals surface area contributed by atoms with E-state index < -0.39 is 0 Å². The molecule has 1 aromatic carbocycles. The molecule has 0 radical (unpaired) electrons. The molecule has 1 aliphatic rings. The number of fused-ring (bicyclic) bond motifs is 1. The number of aryl methyl sites for hydroxylation is 1. The summed E-state index contributed by atoms with van der Waals surface area (Å²) in [5.41, 5.74) is 9.80. The zero-order valence-corrected chi connectivity index (χ0v) is 13.0. The topological polar surface area (TPSA) is 61.5 Å². The van der Waals surface area contributed by atoms with E-state index in [0.29, 0.717) is 19.6 Å². The second kappa shape index (κ2) is 7.46. The van der Waals surface area contributed by atoms with E-state index in [1.54, 1.807) is 0 Å². The van der Waals surface area contributed by atoms with Crippen molar-refractivity contribution in [2.75, 3.05) is 13.2 Å². The predicted molar refractivity (Wildman–Crippen MR) is 82.6 cm³/mol. The molecular formula is C17H25NO3. The SMILES string of the molecule is CCOC(=O)CCCc1ccc2c(c1OCC)CC(N)C2. The maximum atomic E-state index is 11.4. The van der Waals surface area contributed by atoms with Crippen molar-refractivity contribution in [1.82, 2.24) is 0 Å². The summed E-state index contributed by atoms with van der Waals surface area (Å²) in [4.78, 5) is 11.4. The first-order chi connectivity index (χ1) is 10.2. The van der Waals surface area contributed by atoms with E-state index in [9.17, 15) is 4.79 Å². The Morgan fingerprint density at radius 3 is 2.81 bits per heavy atom. The second-order valence-electron chi connectivity index (χ2n) is 5.45. The molecular weight excluding hydrogens is 266 g/mol. The van der Waals surface area contributed by atoms with Crippen LogP contribution in [0.5, 0.6) is 5.75 Å². The van der Waals surface area contributed by atoms with Crippen molar-refractivity contribution in [3.05, 3.63) is 28.8 Å². The number of carbonyl (C=O) groups is 1. The highest BCUT2D eigenvalue weighted by atomic mass is 16.5. The highest BCUT2D eigenvalue weighted by Gasteiger charge is 2.23. The zero-order chi connectivity index (χ0) is 15.2. The fraction of sp³-hybridized carbons (Fsp3) is 0.588. The summed E-state index contributed by atoms with van der Waals surface area (Å²) in [5.74, 6) is 0.866. The van der Waals surface area contributed by atoms with Crippen LogP contribution in [-0.2, 0) is 28.8 Å². The minimum absolute atomic E-state index is 0.126.